The molecule has 0 radical (unpaired) electrons. The number of nitrogens with zero attached hydrogens (tertiary/aromatic N) is 2. The molecular formula is C27H25BrN2O6. The van der Waals surface area contributed by atoms with Crippen molar-refractivity contribution >= 4 is 37.9 Å². The molecular weight excluding hydrogens is 528 g/mol. The normalized spacial score (nSPS) is 16.8. The average molecular weight is 553 g/mol. The van der Waals surface area contributed by atoms with E-state index in [0.29, 0.717) is 46.7 Å². The Morgan fingerprint density at radius 1 is 0.889 bits per heavy atom. The second kappa shape index (κ2) is 9.82. The summed E-state index contributed by atoms with van der Waals surface area (Å²) in [6.07, 6.45) is 1.01. The minimum atomic E-state index is -0.524. The van der Waals surface area contributed by atoms with Crippen LogP contribution in [0.2, 0.25) is 0 Å². The summed E-state index contributed by atoms with van der Waals surface area (Å²) in [5, 5.41) is 1.43. The van der Waals surface area contributed by atoms with E-state index in [1.165, 1.54) is 6.07 Å². The molecule has 1 fully saturated rings. The van der Waals surface area contributed by atoms with Crippen LogP contribution in [0.3, 0.4) is 0 Å². The molecule has 0 amide bonds. The van der Waals surface area contributed by atoms with Crippen LogP contribution in [-0.4, -0.2) is 55.9 Å². The maximum Gasteiger partial charge on any atom is 0.344 e. The molecule has 2 aromatic carbocycles. The van der Waals surface area contributed by atoms with Crippen LogP contribution in [0, 0.1) is 0 Å². The number of morpholine rings is 1. The van der Waals surface area contributed by atoms with Crippen molar-refractivity contribution in [1.29, 1.82) is 0 Å². The highest BCUT2D eigenvalue weighted by molar-refractivity contribution is 9.10. The van der Waals surface area contributed by atoms with Crippen molar-refractivity contribution in [2.24, 2.45) is 0 Å². The minimum absolute atomic E-state index is 0.317. The van der Waals surface area contributed by atoms with Gasteiger partial charge >= 0.3 is 11.3 Å². The summed E-state index contributed by atoms with van der Waals surface area (Å²) in [7, 11) is 0. The van der Waals surface area contributed by atoms with Crippen molar-refractivity contribution in [3.05, 3.63) is 73.3 Å². The van der Waals surface area contributed by atoms with Crippen LogP contribution in [-0.2, 0) is 11.3 Å². The molecule has 0 unspecified atom stereocenters. The SMILES string of the molecule is O=c1cc(-c2cc3cc(Br)ccc3oc2=O)c2ccc3c(c2o1)CN(CCCN1CCOCC1)CO3. The van der Waals surface area contributed by atoms with E-state index in [1.807, 2.05) is 24.3 Å². The second-order valence-corrected chi connectivity index (χ2v) is 10.1. The third kappa shape index (κ3) is 4.59. The highest BCUT2D eigenvalue weighted by Gasteiger charge is 2.24. The zero-order valence-corrected chi connectivity index (χ0v) is 21.2. The molecule has 0 aliphatic carbocycles. The Labute approximate surface area is 215 Å². The van der Waals surface area contributed by atoms with E-state index in [-0.39, 0.29) is 0 Å². The molecule has 0 N–H and O–H groups in total. The third-order valence-electron chi connectivity index (χ3n) is 6.79. The second-order valence-electron chi connectivity index (χ2n) is 9.16. The molecule has 2 aliphatic rings. The summed E-state index contributed by atoms with van der Waals surface area (Å²) in [4.78, 5) is 30.2. The quantitative estimate of drug-likeness (QED) is 0.340. The smallest absolute Gasteiger partial charge is 0.344 e. The van der Waals surface area contributed by atoms with Crippen LogP contribution in [0.15, 0.2) is 65.4 Å². The Kier molecular flexibility index (Phi) is 6.39. The summed E-state index contributed by atoms with van der Waals surface area (Å²) in [5.74, 6) is 0.696. The Morgan fingerprint density at radius 3 is 2.58 bits per heavy atom. The first-order valence-electron chi connectivity index (χ1n) is 12.0. The fourth-order valence-corrected chi connectivity index (χ4v) is 5.35. The van der Waals surface area contributed by atoms with E-state index in [1.54, 1.807) is 12.1 Å². The van der Waals surface area contributed by atoms with Crippen molar-refractivity contribution in [3.8, 4) is 16.9 Å². The predicted molar refractivity (Wildman–Crippen MR) is 139 cm³/mol. The number of rotatable bonds is 5. The lowest BCUT2D eigenvalue weighted by molar-refractivity contribution is 0.0330. The van der Waals surface area contributed by atoms with E-state index < -0.39 is 11.3 Å². The molecule has 4 aromatic rings. The van der Waals surface area contributed by atoms with Gasteiger partial charge in [0.2, 0.25) is 0 Å². The van der Waals surface area contributed by atoms with Gasteiger partial charge in [-0.15, -0.1) is 0 Å². The molecule has 6 rings (SSSR count). The molecule has 9 heteroatoms. The largest absolute Gasteiger partial charge is 0.478 e. The first-order valence-corrected chi connectivity index (χ1v) is 12.8. The zero-order chi connectivity index (χ0) is 24.6. The van der Waals surface area contributed by atoms with E-state index in [2.05, 4.69) is 25.7 Å². The first-order chi connectivity index (χ1) is 17.5. The molecule has 186 valence electrons. The summed E-state index contributed by atoms with van der Waals surface area (Å²) < 4.78 is 23.6. The van der Waals surface area contributed by atoms with Gasteiger partial charge in [-0.25, -0.2) is 9.59 Å². The van der Waals surface area contributed by atoms with Gasteiger partial charge < -0.3 is 18.3 Å². The van der Waals surface area contributed by atoms with Crippen LogP contribution in [0.4, 0.5) is 0 Å². The van der Waals surface area contributed by atoms with Gasteiger partial charge in [-0.05, 0) is 49.4 Å². The molecule has 1 saturated heterocycles. The first kappa shape index (κ1) is 23.4. The summed E-state index contributed by atoms with van der Waals surface area (Å²) in [5.41, 5.74) is 1.53. The number of hydrogen-bond donors (Lipinski definition) is 0. The fraction of sp³-hybridized carbons (Fsp3) is 0.333. The average Bonchev–Trinajstić information content (AvgIpc) is 2.88. The van der Waals surface area contributed by atoms with Gasteiger partial charge in [-0.1, -0.05) is 15.9 Å². The van der Waals surface area contributed by atoms with Gasteiger partial charge in [0.05, 0.1) is 24.3 Å². The van der Waals surface area contributed by atoms with Crippen molar-refractivity contribution in [3.63, 3.8) is 0 Å². The van der Waals surface area contributed by atoms with Gasteiger partial charge in [0.1, 0.15) is 23.6 Å². The highest BCUT2D eigenvalue weighted by Crippen LogP contribution is 2.36. The molecule has 0 spiro atoms. The van der Waals surface area contributed by atoms with E-state index >= 15 is 0 Å². The number of benzene rings is 2. The minimum Gasteiger partial charge on any atom is -0.478 e. The lowest BCUT2D eigenvalue weighted by atomic mass is 9.99. The van der Waals surface area contributed by atoms with Crippen LogP contribution < -0.4 is 16.0 Å². The summed E-state index contributed by atoms with van der Waals surface area (Å²) in [6, 6.07) is 12.3. The van der Waals surface area contributed by atoms with Gasteiger partial charge in [-0.3, -0.25) is 9.80 Å². The van der Waals surface area contributed by atoms with Crippen molar-refractivity contribution in [2.45, 2.75) is 13.0 Å². The Balaban J connectivity index is 1.34. The molecule has 0 saturated carbocycles. The Bertz CT molecular complexity index is 1560. The fourth-order valence-electron chi connectivity index (χ4n) is 4.97. The van der Waals surface area contributed by atoms with Gasteiger partial charge in [0, 0.05) is 53.1 Å². The van der Waals surface area contributed by atoms with Crippen molar-refractivity contribution in [2.75, 3.05) is 46.1 Å². The maximum atomic E-state index is 12.9. The third-order valence-corrected chi connectivity index (χ3v) is 7.29. The molecule has 2 aliphatic heterocycles. The van der Waals surface area contributed by atoms with Crippen LogP contribution in [0.5, 0.6) is 5.75 Å². The van der Waals surface area contributed by atoms with Crippen LogP contribution in [0.25, 0.3) is 33.1 Å². The summed E-state index contributed by atoms with van der Waals surface area (Å²) in [6.45, 7) is 6.47. The summed E-state index contributed by atoms with van der Waals surface area (Å²) >= 11 is 3.46. The number of fused-ring (bicyclic) bond motifs is 4. The molecule has 2 aromatic heterocycles. The van der Waals surface area contributed by atoms with E-state index in [0.717, 1.165) is 61.2 Å². The highest BCUT2D eigenvalue weighted by atomic mass is 79.9. The Hall–Kier alpha value is -2.98. The predicted octanol–water partition coefficient (Wildman–Crippen LogP) is 4.20. The van der Waals surface area contributed by atoms with Gasteiger partial charge in [0.25, 0.3) is 0 Å². The monoisotopic (exact) mass is 552 g/mol. The number of hydrogen-bond acceptors (Lipinski definition) is 8. The van der Waals surface area contributed by atoms with Crippen molar-refractivity contribution in [1.82, 2.24) is 9.80 Å². The molecule has 4 heterocycles. The van der Waals surface area contributed by atoms with Gasteiger partial charge in [-0.2, -0.15) is 0 Å². The lowest BCUT2D eigenvalue weighted by Gasteiger charge is -2.31. The topological polar surface area (TPSA) is 85.4 Å². The van der Waals surface area contributed by atoms with Gasteiger partial charge in [0.15, 0.2) is 0 Å². The molecule has 36 heavy (non-hydrogen) atoms. The van der Waals surface area contributed by atoms with E-state index in [4.69, 9.17) is 18.3 Å². The van der Waals surface area contributed by atoms with Crippen LogP contribution in [0.1, 0.15) is 12.0 Å². The van der Waals surface area contributed by atoms with Crippen LogP contribution >= 0.6 is 15.9 Å². The Morgan fingerprint density at radius 2 is 1.72 bits per heavy atom. The maximum absolute atomic E-state index is 12.9. The lowest BCUT2D eigenvalue weighted by Crippen LogP contribution is -2.39. The zero-order valence-electron chi connectivity index (χ0n) is 19.6. The van der Waals surface area contributed by atoms with E-state index in [9.17, 15) is 9.59 Å². The molecule has 0 bridgehead atoms. The standard InChI is InChI=1S/C27H25BrN2O6/c28-18-2-4-23-17(12-18)13-21(27(32)35-23)20-14-25(31)36-26-19(20)3-5-24-22(26)15-30(16-34-24)7-1-6-29-8-10-33-11-9-29/h2-5,12-14H,1,6-11,15-16H2. The number of ether oxygens (including phenoxy) is 2. The van der Waals surface area contributed by atoms with Crippen molar-refractivity contribution < 1.29 is 18.3 Å². The molecule has 0 atom stereocenters. The molecule has 8 nitrogen and oxygen atoms in total. The number of halogens is 1.